The Hall–Kier alpha value is -4.03. The van der Waals surface area contributed by atoms with E-state index in [1.165, 1.54) is 31.9 Å². The minimum atomic E-state index is -1.39. The highest BCUT2D eigenvalue weighted by Crippen LogP contribution is 2.43. The molecule has 6 aromatic rings. The van der Waals surface area contributed by atoms with Crippen LogP contribution in [0.3, 0.4) is 0 Å². The first kappa shape index (κ1) is 27.2. The fraction of sp³-hybridized carbons (Fsp3) is 0.0526. The van der Waals surface area contributed by atoms with Gasteiger partial charge in [0, 0.05) is 15.3 Å². The summed E-state index contributed by atoms with van der Waals surface area (Å²) in [6, 6.07) is 67.2. The van der Waals surface area contributed by atoms with Crippen molar-refractivity contribution in [3.63, 3.8) is 0 Å². The maximum absolute atomic E-state index is 4.69. The number of hydrogen-bond acceptors (Lipinski definition) is 0. The predicted octanol–water partition coefficient (Wildman–Crippen LogP) is 5.63. The topological polar surface area (TPSA) is 0 Å². The van der Waals surface area contributed by atoms with E-state index >= 15 is 0 Å². The molecular weight excluding hydrogens is 541 g/mol. The van der Waals surface area contributed by atoms with Crippen LogP contribution in [0.25, 0.3) is 0 Å². The summed E-state index contributed by atoms with van der Waals surface area (Å²) in [6.07, 6.45) is 0. The fourth-order valence-corrected chi connectivity index (χ4v) is 16.0. The third kappa shape index (κ3) is 5.62. The van der Waals surface area contributed by atoms with Crippen LogP contribution in [0.1, 0.15) is 11.1 Å². The minimum absolute atomic E-state index is 0.244. The van der Waals surface area contributed by atoms with E-state index in [2.05, 4.69) is 192 Å². The maximum Gasteiger partial charge on any atom is 0.123 e. The van der Waals surface area contributed by atoms with E-state index in [1.54, 1.807) is 0 Å². The summed E-state index contributed by atoms with van der Waals surface area (Å²) in [5, 5.41) is 5.52. The molecule has 0 spiro atoms. The summed E-state index contributed by atoms with van der Waals surface area (Å²) in [7, 11) is 1.92. The van der Waals surface area contributed by atoms with E-state index in [9.17, 15) is 0 Å². The van der Waals surface area contributed by atoms with Crippen LogP contribution in [0, 0.1) is 0 Å². The molecule has 0 saturated carbocycles. The van der Waals surface area contributed by atoms with Crippen LogP contribution in [-0.2, 0) is 5.04 Å². The molecule has 0 aliphatic carbocycles. The quantitative estimate of drug-likeness (QED) is 0.198. The monoisotopic (exact) mass is 571 g/mol. The van der Waals surface area contributed by atoms with Crippen molar-refractivity contribution >= 4 is 48.6 Å². The van der Waals surface area contributed by atoms with Crippen LogP contribution in [0.4, 0.5) is 0 Å². The first-order valence-electron chi connectivity index (χ1n) is 14.1. The van der Waals surface area contributed by atoms with Crippen molar-refractivity contribution < 1.29 is 0 Å². The van der Waals surface area contributed by atoms with E-state index < -0.39 is 22.6 Å². The molecule has 6 rings (SSSR count). The second kappa shape index (κ2) is 12.6. The molecule has 0 nitrogen and oxygen atoms in total. The van der Waals surface area contributed by atoms with Crippen molar-refractivity contribution in [2.24, 2.45) is 0 Å². The lowest BCUT2D eigenvalue weighted by atomic mass is 9.91. The smallest absolute Gasteiger partial charge is 0.0628 e. The molecule has 6 aromatic carbocycles. The van der Waals surface area contributed by atoms with Crippen molar-refractivity contribution in [2.45, 2.75) is 10.2 Å². The van der Waals surface area contributed by atoms with Crippen LogP contribution in [0.15, 0.2) is 182 Å². The van der Waals surface area contributed by atoms with Crippen molar-refractivity contribution in [1.82, 2.24) is 0 Å². The van der Waals surface area contributed by atoms with Gasteiger partial charge in [0.25, 0.3) is 0 Å². The summed E-state index contributed by atoms with van der Waals surface area (Å²) in [6.45, 7) is 0. The first-order valence-corrected chi connectivity index (χ1v) is 17.7. The molecule has 0 amide bonds. The van der Waals surface area contributed by atoms with Crippen molar-refractivity contribution in [1.29, 1.82) is 0 Å². The highest BCUT2D eigenvalue weighted by molar-refractivity contribution is 7.03. The fourth-order valence-electron chi connectivity index (χ4n) is 5.95. The van der Waals surface area contributed by atoms with E-state index in [0.29, 0.717) is 0 Å². The lowest BCUT2D eigenvalue weighted by molar-refractivity contribution is 0.764. The van der Waals surface area contributed by atoms with E-state index in [4.69, 9.17) is 0 Å². The molecule has 41 heavy (non-hydrogen) atoms. The van der Waals surface area contributed by atoms with Gasteiger partial charge in [-0.1, -0.05) is 203 Å². The Morgan fingerprint density at radius 1 is 0.341 bits per heavy atom. The second-order valence-electron chi connectivity index (χ2n) is 10.3. The highest BCUT2D eigenvalue weighted by atomic mass is 28.3. The summed E-state index contributed by atoms with van der Waals surface area (Å²) >= 11 is 0. The first-order chi connectivity index (χ1) is 20.3. The van der Waals surface area contributed by atoms with Gasteiger partial charge in [-0.2, -0.15) is 0 Å². The number of rotatable bonds is 9. The molecule has 0 fully saturated rings. The Balaban J connectivity index is 1.74. The maximum atomic E-state index is 4.69. The van der Waals surface area contributed by atoms with Crippen molar-refractivity contribution in [3.05, 3.63) is 193 Å². The van der Waals surface area contributed by atoms with Gasteiger partial charge in [0.1, 0.15) is 17.6 Å². The van der Waals surface area contributed by atoms with E-state index in [-0.39, 0.29) is 5.16 Å². The number of hydrogen-bond donors (Lipinski definition) is 0. The van der Waals surface area contributed by atoms with Crippen LogP contribution >= 0.6 is 0 Å². The molecule has 0 atom stereocenters. The minimum Gasteiger partial charge on any atom is -0.0628 e. The Kier molecular flexibility index (Phi) is 8.38. The molecule has 0 heterocycles. The van der Waals surface area contributed by atoms with Gasteiger partial charge in [-0.05, 0) is 16.3 Å². The molecule has 195 valence electrons. The van der Waals surface area contributed by atoms with E-state index in [0.717, 1.165) is 0 Å². The largest absolute Gasteiger partial charge is 0.123 e. The van der Waals surface area contributed by atoms with Gasteiger partial charge in [0.05, 0.1) is 0 Å². The van der Waals surface area contributed by atoms with E-state index in [1.807, 2.05) is 0 Å². The van der Waals surface area contributed by atoms with Crippen LogP contribution in [0.2, 0.25) is 5.16 Å². The van der Waals surface area contributed by atoms with Crippen LogP contribution in [-0.4, -0.2) is 27.8 Å². The molecule has 0 bridgehead atoms. The molecule has 0 N–H and O–H groups in total. The highest BCUT2D eigenvalue weighted by Gasteiger charge is 2.49. The molecule has 5 radical (unpaired) electrons. The summed E-state index contributed by atoms with van der Waals surface area (Å²) in [4.78, 5) is 0. The van der Waals surface area contributed by atoms with Crippen molar-refractivity contribution in [2.75, 3.05) is 0 Å². The summed E-state index contributed by atoms with van der Waals surface area (Å²) in [5.74, 6) is 0. The Bertz CT molecular complexity index is 1420. The normalized spacial score (nSPS) is 11.7. The molecule has 0 aliphatic rings. The summed E-state index contributed by atoms with van der Waals surface area (Å²) in [5.41, 5.74) is 2.58. The Labute approximate surface area is 251 Å². The molecule has 3 heteroatoms. The Morgan fingerprint density at radius 3 is 0.805 bits per heavy atom. The van der Waals surface area contributed by atoms with Gasteiger partial charge in [-0.3, -0.25) is 0 Å². The zero-order valence-corrected chi connectivity index (χ0v) is 25.9. The van der Waals surface area contributed by atoms with Gasteiger partial charge in [0.15, 0.2) is 0 Å². The van der Waals surface area contributed by atoms with Crippen LogP contribution < -0.4 is 20.7 Å². The Morgan fingerprint density at radius 2 is 0.561 bits per heavy atom. The van der Waals surface area contributed by atoms with Gasteiger partial charge in [-0.15, -0.1) is 0 Å². The van der Waals surface area contributed by atoms with Crippen LogP contribution in [0.5, 0.6) is 0 Å². The lowest BCUT2D eigenvalue weighted by Crippen LogP contribution is -2.64. The third-order valence-electron chi connectivity index (χ3n) is 7.81. The van der Waals surface area contributed by atoms with Gasteiger partial charge >= 0.3 is 0 Å². The predicted molar refractivity (Wildman–Crippen MR) is 179 cm³/mol. The zero-order valence-electron chi connectivity index (χ0n) is 22.9. The van der Waals surface area contributed by atoms with Gasteiger partial charge in [-0.25, -0.2) is 0 Å². The molecular formula is C38H31Si3. The summed E-state index contributed by atoms with van der Waals surface area (Å²) < 4.78 is 0. The average molecular weight is 572 g/mol. The molecule has 0 unspecified atom stereocenters. The third-order valence-corrected chi connectivity index (χ3v) is 16.8. The SMILES string of the molecule is [Si]C(c1ccccc1)(c1ccccc1)C([Si](c1ccccc1)c1ccccc1)[Si](c1ccccc1)c1ccccc1. The molecule has 0 aromatic heterocycles. The van der Waals surface area contributed by atoms with Gasteiger partial charge in [0.2, 0.25) is 0 Å². The standard InChI is InChI=1S/C38H31Si3/c39-38(31-19-7-1-8-20-31,32-21-9-2-10-22-32)37(40(33-23-11-3-12-24-33)34-25-13-4-14-26-34)41(35-27-15-5-16-28-35)36-29-17-6-18-30-36/h1-30,37H. The second-order valence-corrected chi connectivity index (χ2v) is 16.7. The number of benzene rings is 6. The molecule has 0 saturated heterocycles. The van der Waals surface area contributed by atoms with Gasteiger partial charge < -0.3 is 0 Å². The average Bonchev–Trinajstić information content (AvgIpc) is 3.07. The lowest BCUT2D eigenvalue weighted by Gasteiger charge is -2.46. The molecule has 0 aliphatic heterocycles. The van der Waals surface area contributed by atoms with Crippen molar-refractivity contribution in [3.8, 4) is 0 Å². The zero-order chi connectivity index (χ0) is 27.9.